The van der Waals surface area contributed by atoms with E-state index in [0.717, 1.165) is 5.56 Å². The van der Waals surface area contributed by atoms with Gasteiger partial charge in [0, 0.05) is 44.8 Å². The summed E-state index contributed by atoms with van der Waals surface area (Å²) >= 11 is 0. The number of piperazine rings is 1. The number of hydrogen-bond acceptors (Lipinski definition) is 5. The Bertz CT molecular complexity index is 773. The molecule has 1 unspecified atom stereocenters. The highest BCUT2D eigenvalue weighted by atomic mass is 16.2. The Balaban J connectivity index is 1.58. The minimum Gasteiger partial charge on any atom is -0.365 e. The van der Waals surface area contributed by atoms with Crippen LogP contribution in [-0.4, -0.2) is 47.9 Å². The molecule has 7 nitrogen and oxygen atoms in total. The van der Waals surface area contributed by atoms with Gasteiger partial charge in [-0.15, -0.1) is 0 Å². The number of carbonyl (C=O) groups excluding carboxylic acids is 2. The predicted octanol–water partition coefficient (Wildman–Crippen LogP) is 0.919. The molecule has 0 spiro atoms. The molecular weight excluding hydrogens is 330 g/mol. The number of primary amides is 1. The summed E-state index contributed by atoms with van der Waals surface area (Å²) in [5.41, 5.74) is 12.9. The summed E-state index contributed by atoms with van der Waals surface area (Å²) in [6, 6.07) is 12.7. The summed E-state index contributed by atoms with van der Waals surface area (Å²) in [7, 11) is 0. The van der Waals surface area contributed by atoms with Crippen LogP contribution in [0.2, 0.25) is 0 Å². The van der Waals surface area contributed by atoms with E-state index in [2.05, 4.69) is 4.98 Å². The lowest BCUT2D eigenvalue weighted by Crippen LogP contribution is -2.49. The van der Waals surface area contributed by atoms with Crippen molar-refractivity contribution in [1.82, 2.24) is 9.88 Å². The van der Waals surface area contributed by atoms with Crippen molar-refractivity contribution in [1.29, 1.82) is 0 Å². The van der Waals surface area contributed by atoms with E-state index in [4.69, 9.17) is 11.5 Å². The standard InChI is InChI=1S/C19H23N5O2/c20-16(14-5-2-1-3-6-14)13-17(25)23-9-11-24(12-10-23)19-15(18(21)26)7-4-8-22-19/h1-8,16H,9-13,20H2,(H2,21,26). The van der Waals surface area contributed by atoms with Crippen molar-refractivity contribution in [2.24, 2.45) is 11.5 Å². The Labute approximate surface area is 152 Å². The van der Waals surface area contributed by atoms with Crippen molar-refractivity contribution in [2.45, 2.75) is 12.5 Å². The third-order valence-electron chi connectivity index (χ3n) is 4.61. The molecule has 2 amide bonds. The first-order valence-electron chi connectivity index (χ1n) is 8.64. The summed E-state index contributed by atoms with van der Waals surface area (Å²) in [5, 5.41) is 0. The third-order valence-corrected chi connectivity index (χ3v) is 4.61. The second-order valence-electron chi connectivity index (χ2n) is 6.33. The van der Waals surface area contributed by atoms with Crippen LogP contribution in [0.1, 0.15) is 28.4 Å². The number of pyridine rings is 1. The van der Waals surface area contributed by atoms with E-state index in [1.165, 1.54) is 0 Å². The number of nitrogens with zero attached hydrogens (tertiary/aromatic N) is 3. The fourth-order valence-corrected chi connectivity index (χ4v) is 3.14. The molecule has 7 heteroatoms. The average molecular weight is 353 g/mol. The number of nitrogens with two attached hydrogens (primary N) is 2. The Morgan fingerprint density at radius 2 is 1.73 bits per heavy atom. The van der Waals surface area contributed by atoms with Gasteiger partial charge >= 0.3 is 0 Å². The Morgan fingerprint density at radius 1 is 1.04 bits per heavy atom. The zero-order valence-electron chi connectivity index (χ0n) is 14.5. The largest absolute Gasteiger partial charge is 0.365 e. The molecular formula is C19H23N5O2. The van der Waals surface area contributed by atoms with Crippen LogP contribution >= 0.6 is 0 Å². The molecule has 0 saturated carbocycles. The molecule has 4 N–H and O–H groups in total. The van der Waals surface area contributed by atoms with Crippen molar-refractivity contribution in [3.05, 3.63) is 59.8 Å². The molecule has 1 aromatic heterocycles. The molecule has 2 aromatic rings. The highest BCUT2D eigenvalue weighted by Gasteiger charge is 2.25. The van der Waals surface area contributed by atoms with Crippen LogP contribution in [0, 0.1) is 0 Å². The van der Waals surface area contributed by atoms with Crippen LogP contribution in [0.3, 0.4) is 0 Å². The number of carbonyl (C=O) groups is 2. The molecule has 2 heterocycles. The van der Waals surface area contributed by atoms with Crippen molar-refractivity contribution >= 4 is 17.6 Å². The number of rotatable bonds is 5. The van der Waals surface area contributed by atoms with E-state index in [1.807, 2.05) is 40.1 Å². The highest BCUT2D eigenvalue weighted by molar-refractivity contribution is 5.97. The molecule has 1 saturated heterocycles. The van der Waals surface area contributed by atoms with E-state index < -0.39 is 5.91 Å². The maximum absolute atomic E-state index is 12.5. The number of amides is 2. The Hall–Kier alpha value is -2.93. The number of hydrogen-bond donors (Lipinski definition) is 2. The van der Waals surface area contributed by atoms with Crippen LogP contribution in [0.15, 0.2) is 48.7 Å². The topological polar surface area (TPSA) is 106 Å². The van der Waals surface area contributed by atoms with E-state index in [-0.39, 0.29) is 18.4 Å². The molecule has 1 aliphatic rings. The fraction of sp³-hybridized carbons (Fsp3) is 0.316. The Morgan fingerprint density at radius 3 is 2.38 bits per heavy atom. The van der Waals surface area contributed by atoms with E-state index in [0.29, 0.717) is 37.6 Å². The number of aromatic nitrogens is 1. The van der Waals surface area contributed by atoms with E-state index in [9.17, 15) is 9.59 Å². The first-order chi connectivity index (χ1) is 12.6. The van der Waals surface area contributed by atoms with Crippen LogP contribution in [0.4, 0.5) is 5.82 Å². The Kier molecular flexibility index (Phi) is 5.48. The van der Waals surface area contributed by atoms with Gasteiger partial charge in [0.2, 0.25) is 5.91 Å². The molecule has 136 valence electrons. The highest BCUT2D eigenvalue weighted by Crippen LogP contribution is 2.20. The fourth-order valence-electron chi connectivity index (χ4n) is 3.14. The normalized spacial score (nSPS) is 15.6. The quantitative estimate of drug-likeness (QED) is 0.831. The van der Waals surface area contributed by atoms with Gasteiger partial charge in [-0.25, -0.2) is 4.98 Å². The monoisotopic (exact) mass is 353 g/mol. The minimum atomic E-state index is -0.500. The SMILES string of the molecule is NC(=O)c1cccnc1N1CCN(C(=O)CC(N)c2ccccc2)CC1. The van der Waals surface area contributed by atoms with Crippen molar-refractivity contribution in [3.63, 3.8) is 0 Å². The third kappa shape index (κ3) is 4.00. The molecule has 26 heavy (non-hydrogen) atoms. The second-order valence-corrected chi connectivity index (χ2v) is 6.33. The minimum absolute atomic E-state index is 0.0390. The number of benzene rings is 1. The molecule has 1 aromatic carbocycles. The van der Waals surface area contributed by atoms with Gasteiger partial charge in [0.15, 0.2) is 0 Å². The zero-order valence-corrected chi connectivity index (χ0v) is 14.5. The first kappa shape index (κ1) is 17.9. The van der Waals surface area contributed by atoms with Crippen LogP contribution in [-0.2, 0) is 4.79 Å². The second kappa shape index (κ2) is 7.97. The summed E-state index contributed by atoms with van der Waals surface area (Å²) in [6.45, 7) is 2.33. The molecule has 0 aliphatic carbocycles. The van der Waals surface area contributed by atoms with Crippen LogP contribution in [0.25, 0.3) is 0 Å². The van der Waals surface area contributed by atoms with Gasteiger partial charge in [0.05, 0.1) is 5.56 Å². The van der Waals surface area contributed by atoms with Crippen molar-refractivity contribution < 1.29 is 9.59 Å². The summed E-state index contributed by atoms with van der Waals surface area (Å²) in [4.78, 5) is 32.2. The average Bonchev–Trinajstić information content (AvgIpc) is 2.68. The molecule has 1 aliphatic heterocycles. The van der Waals surface area contributed by atoms with Crippen molar-refractivity contribution in [3.8, 4) is 0 Å². The van der Waals surface area contributed by atoms with Gasteiger partial charge in [0.25, 0.3) is 5.91 Å². The van der Waals surface area contributed by atoms with Gasteiger partial charge in [-0.3, -0.25) is 9.59 Å². The van der Waals surface area contributed by atoms with Crippen LogP contribution < -0.4 is 16.4 Å². The first-order valence-corrected chi connectivity index (χ1v) is 8.64. The van der Waals surface area contributed by atoms with Gasteiger partial charge < -0.3 is 21.3 Å². The lowest BCUT2D eigenvalue weighted by atomic mass is 10.0. The van der Waals surface area contributed by atoms with Gasteiger partial charge in [-0.1, -0.05) is 30.3 Å². The number of anilines is 1. The summed E-state index contributed by atoms with van der Waals surface area (Å²) in [5.74, 6) is 0.116. The molecule has 3 rings (SSSR count). The maximum atomic E-state index is 12.5. The van der Waals surface area contributed by atoms with Gasteiger partial charge in [-0.05, 0) is 17.7 Å². The van der Waals surface area contributed by atoms with Crippen LogP contribution in [0.5, 0.6) is 0 Å². The predicted molar refractivity (Wildman–Crippen MR) is 99.5 cm³/mol. The molecule has 1 atom stereocenters. The van der Waals surface area contributed by atoms with Crippen molar-refractivity contribution in [2.75, 3.05) is 31.1 Å². The van der Waals surface area contributed by atoms with E-state index >= 15 is 0 Å². The van der Waals surface area contributed by atoms with E-state index in [1.54, 1.807) is 18.3 Å². The molecule has 0 bridgehead atoms. The lowest BCUT2D eigenvalue weighted by molar-refractivity contribution is -0.131. The zero-order chi connectivity index (χ0) is 18.5. The summed E-state index contributed by atoms with van der Waals surface area (Å²) in [6.07, 6.45) is 1.91. The lowest BCUT2D eigenvalue weighted by Gasteiger charge is -2.36. The smallest absolute Gasteiger partial charge is 0.252 e. The summed E-state index contributed by atoms with van der Waals surface area (Å²) < 4.78 is 0. The van der Waals surface area contributed by atoms with Gasteiger partial charge in [-0.2, -0.15) is 0 Å². The van der Waals surface area contributed by atoms with Gasteiger partial charge in [0.1, 0.15) is 5.82 Å². The molecule has 0 radical (unpaired) electrons. The molecule has 1 fully saturated rings. The maximum Gasteiger partial charge on any atom is 0.252 e.